The quantitative estimate of drug-likeness (QED) is 0.743. The average Bonchev–Trinajstić information content (AvgIpc) is 3.20. The van der Waals surface area contributed by atoms with Crippen LogP contribution in [-0.4, -0.2) is 47.9 Å². The number of nitrogens with zero attached hydrogens (tertiary/aromatic N) is 2. The van der Waals surface area contributed by atoms with Crippen LogP contribution in [0.1, 0.15) is 41.0 Å². The molecule has 28 heavy (non-hydrogen) atoms. The lowest BCUT2D eigenvalue weighted by molar-refractivity contribution is -0.154. The number of ether oxygens (including phenoxy) is 1. The van der Waals surface area contributed by atoms with Crippen molar-refractivity contribution in [2.45, 2.75) is 44.8 Å². The van der Waals surface area contributed by atoms with Crippen molar-refractivity contribution in [3.8, 4) is 0 Å². The zero-order valence-corrected chi connectivity index (χ0v) is 17.2. The van der Waals surface area contributed by atoms with Crippen LogP contribution in [0, 0.1) is 0 Å². The van der Waals surface area contributed by atoms with E-state index in [4.69, 9.17) is 4.74 Å². The van der Waals surface area contributed by atoms with E-state index < -0.39 is 6.04 Å². The summed E-state index contributed by atoms with van der Waals surface area (Å²) in [5.74, 6) is -0.337. The predicted molar refractivity (Wildman–Crippen MR) is 109 cm³/mol. The fourth-order valence-corrected chi connectivity index (χ4v) is 5.44. The molecule has 4 rings (SSSR count). The molecule has 2 aromatic rings. The normalized spacial score (nSPS) is 21.7. The van der Waals surface area contributed by atoms with Crippen molar-refractivity contribution in [2.75, 3.05) is 20.2 Å². The highest BCUT2D eigenvalue weighted by atomic mass is 32.1. The SMILES string of the molecule is CCC1c2ccsc2CCN1CC(=O)N1Cc2ccccc2CC1C(=O)OC. The maximum absolute atomic E-state index is 13.3. The number of carbonyl (C=O) groups excluding carboxylic acids is 2. The summed E-state index contributed by atoms with van der Waals surface area (Å²) in [5, 5.41) is 2.15. The van der Waals surface area contributed by atoms with E-state index >= 15 is 0 Å². The van der Waals surface area contributed by atoms with E-state index in [0.29, 0.717) is 19.5 Å². The molecule has 6 heteroatoms. The van der Waals surface area contributed by atoms with Crippen LogP contribution < -0.4 is 0 Å². The van der Waals surface area contributed by atoms with E-state index in [1.807, 2.05) is 35.6 Å². The first-order valence-corrected chi connectivity index (χ1v) is 10.7. The molecular formula is C22H26N2O3S. The third-order valence-electron chi connectivity index (χ3n) is 5.97. The van der Waals surface area contributed by atoms with Gasteiger partial charge in [-0.3, -0.25) is 9.69 Å². The molecule has 0 spiro atoms. The van der Waals surface area contributed by atoms with Crippen molar-refractivity contribution in [2.24, 2.45) is 0 Å². The molecule has 0 saturated heterocycles. The average molecular weight is 399 g/mol. The lowest BCUT2D eigenvalue weighted by Crippen LogP contribution is -2.52. The molecule has 5 nitrogen and oxygen atoms in total. The maximum atomic E-state index is 13.3. The lowest BCUT2D eigenvalue weighted by atomic mass is 9.93. The second-order valence-corrected chi connectivity index (χ2v) is 8.48. The van der Waals surface area contributed by atoms with E-state index in [0.717, 1.165) is 30.5 Å². The molecule has 0 N–H and O–H groups in total. The van der Waals surface area contributed by atoms with Crippen LogP contribution in [0.3, 0.4) is 0 Å². The van der Waals surface area contributed by atoms with Crippen molar-refractivity contribution >= 4 is 23.2 Å². The standard InChI is InChI=1S/C22H26N2O3S/c1-3-18-17-9-11-28-20(17)8-10-23(18)14-21(25)24-13-16-7-5-4-6-15(16)12-19(24)22(26)27-2/h4-7,9,11,18-19H,3,8,10,12-14H2,1-2H3. The van der Waals surface area contributed by atoms with E-state index in [1.165, 1.54) is 17.6 Å². The Morgan fingerprint density at radius 1 is 1.21 bits per heavy atom. The van der Waals surface area contributed by atoms with Gasteiger partial charge in [-0.2, -0.15) is 0 Å². The van der Waals surface area contributed by atoms with Crippen molar-refractivity contribution in [1.29, 1.82) is 0 Å². The summed E-state index contributed by atoms with van der Waals surface area (Å²) in [6.07, 6.45) is 2.47. The number of methoxy groups -OCH3 is 1. The van der Waals surface area contributed by atoms with Gasteiger partial charge in [0, 0.05) is 30.4 Å². The van der Waals surface area contributed by atoms with Crippen LogP contribution in [0.2, 0.25) is 0 Å². The molecule has 148 valence electrons. The number of hydrogen-bond acceptors (Lipinski definition) is 5. The van der Waals surface area contributed by atoms with Gasteiger partial charge >= 0.3 is 5.97 Å². The predicted octanol–water partition coefficient (Wildman–Crippen LogP) is 3.18. The molecule has 0 aliphatic carbocycles. The Labute approximate surface area is 169 Å². The van der Waals surface area contributed by atoms with Gasteiger partial charge in [-0.1, -0.05) is 31.2 Å². The topological polar surface area (TPSA) is 49.9 Å². The summed E-state index contributed by atoms with van der Waals surface area (Å²) in [6, 6.07) is 9.94. The monoisotopic (exact) mass is 398 g/mol. The molecule has 3 heterocycles. The van der Waals surface area contributed by atoms with E-state index in [9.17, 15) is 9.59 Å². The largest absolute Gasteiger partial charge is 0.467 e. The van der Waals surface area contributed by atoms with Crippen LogP contribution in [0.25, 0.3) is 0 Å². The number of fused-ring (bicyclic) bond motifs is 2. The second kappa shape index (κ2) is 8.05. The summed E-state index contributed by atoms with van der Waals surface area (Å²) in [4.78, 5) is 31.1. The van der Waals surface area contributed by atoms with E-state index in [2.05, 4.69) is 23.3 Å². The van der Waals surface area contributed by atoms with Crippen LogP contribution in [0.5, 0.6) is 0 Å². The van der Waals surface area contributed by atoms with Gasteiger partial charge in [0.05, 0.1) is 13.7 Å². The fraction of sp³-hybridized carbons (Fsp3) is 0.455. The summed E-state index contributed by atoms with van der Waals surface area (Å²) in [7, 11) is 1.39. The number of benzene rings is 1. The Morgan fingerprint density at radius 2 is 2.00 bits per heavy atom. The van der Waals surface area contributed by atoms with Gasteiger partial charge in [-0.25, -0.2) is 4.79 Å². The highest BCUT2D eigenvalue weighted by Crippen LogP contribution is 2.35. The van der Waals surface area contributed by atoms with Gasteiger partial charge in [0.1, 0.15) is 6.04 Å². The van der Waals surface area contributed by atoms with Crippen LogP contribution in [0.4, 0.5) is 0 Å². The Bertz CT molecular complexity index is 878. The van der Waals surface area contributed by atoms with Crippen molar-refractivity contribution < 1.29 is 14.3 Å². The molecule has 0 saturated carbocycles. The minimum atomic E-state index is -0.547. The fourth-order valence-electron chi connectivity index (χ4n) is 4.51. The zero-order chi connectivity index (χ0) is 19.7. The third kappa shape index (κ3) is 3.47. The number of carbonyl (C=O) groups is 2. The van der Waals surface area contributed by atoms with Gasteiger partial charge in [0.15, 0.2) is 0 Å². The van der Waals surface area contributed by atoms with Gasteiger partial charge < -0.3 is 9.64 Å². The zero-order valence-electron chi connectivity index (χ0n) is 16.4. The molecule has 0 bridgehead atoms. The highest BCUT2D eigenvalue weighted by Gasteiger charge is 2.37. The molecule has 0 fully saturated rings. The number of thiophene rings is 1. The molecule has 2 aliphatic rings. The summed E-state index contributed by atoms with van der Waals surface area (Å²) in [6.45, 7) is 3.85. The Morgan fingerprint density at radius 3 is 2.75 bits per heavy atom. The minimum Gasteiger partial charge on any atom is -0.467 e. The molecule has 0 radical (unpaired) electrons. The molecule has 2 aliphatic heterocycles. The number of rotatable bonds is 4. The number of hydrogen-bond donors (Lipinski definition) is 0. The Hall–Kier alpha value is -2.18. The second-order valence-electron chi connectivity index (χ2n) is 7.48. The maximum Gasteiger partial charge on any atom is 0.328 e. The van der Waals surface area contributed by atoms with Crippen molar-refractivity contribution in [1.82, 2.24) is 9.80 Å². The van der Waals surface area contributed by atoms with Crippen molar-refractivity contribution in [3.63, 3.8) is 0 Å². The smallest absolute Gasteiger partial charge is 0.328 e. The van der Waals surface area contributed by atoms with Crippen LogP contribution in [-0.2, 0) is 33.7 Å². The van der Waals surface area contributed by atoms with E-state index in [1.54, 1.807) is 4.90 Å². The van der Waals surface area contributed by atoms with Crippen LogP contribution >= 0.6 is 11.3 Å². The summed E-state index contributed by atoms with van der Waals surface area (Å²) < 4.78 is 5.01. The molecule has 1 aromatic heterocycles. The number of esters is 1. The molecular weight excluding hydrogens is 372 g/mol. The van der Waals surface area contributed by atoms with E-state index in [-0.39, 0.29) is 17.9 Å². The minimum absolute atomic E-state index is 0.00188. The summed E-state index contributed by atoms with van der Waals surface area (Å²) in [5.41, 5.74) is 3.59. The number of amides is 1. The molecule has 2 atom stereocenters. The highest BCUT2D eigenvalue weighted by molar-refractivity contribution is 7.10. The molecule has 1 amide bonds. The van der Waals surface area contributed by atoms with Gasteiger partial charge in [0.2, 0.25) is 5.91 Å². The lowest BCUT2D eigenvalue weighted by Gasteiger charge is -2.39. The Balaban J connectivity index is 1.55. The third-order valence-corrected chi connectivity index (χ3v) is 6.97. The molecule has 1 aromatic carbocycles. The Kier molecular flexibility index (Phi) is 5.51. The summed E-state index contributed by atoms with van der Waals surface area (Å²) >= 11 is 1.81. The first-order chi connectivity index (χ1) is 13.6. The van der Waals surface area contributed by atoms with Gasteiger partial charge in [-0.05, 0) is 41.0 Å². The van der Waals surface area contributed by atoms with Crippen LogP contribution in [0.15, 0.2) is 35.7 Å². The molecule has 2 unspecified atom stereocenters. The van der Waals surface area contributed by atoms with Crippen molar-refractivity contribution in [3.05, 3.63) is 57.3 Å². The first kappa shape index (κ1) is 19.2. The van der Waals surface area contributed by atoms with Gasteiger partial charge in [-0.15, -0.1) is 11.3 Å². The first-order valence-electron chi connectivity index (χ1n) is 9.86. The van der Waals surface area contributed by atoms with Gasteiger partial charge in [0.25, 0.3) is 0 Å².